The molecular formula is C19H24F3N5O3S. The summed E-state index contributed by atoms with van der Waals surface area (Å²) in [5.74, 6) is -2.29. The van der Waals surface area contributed by atoms with Gasteiger partial charge >= 0.3 is 12.1 Å². The number of carbonyl (C=O) groups excluding carboxylic acids is 1. The van der Waals surface area contributed by atoms with Crippen LogP contribution >= 0.6 is 11.3 Å². The highest BCUT2D eigenvalue weighted by Crippen LogP contribution is 2.46. The maximum atomic E-state index is 13.4. The molecule has 2 aliphatic heterocycles. The molecule has 2 fully saturated rings. The number of thiazole rings is 1. The van der Waals surface area contributed by atoms with Crippen LogP contribution in [0.5, 0.6) is 0 Å². The maximum Gasteiger partial charge on any atom is 0.490 e. The van der Waals surface area contributed by atoms with Gasteiger partial charge in [-0.15, -0.1) is 11.3 Å². The number of carbonyl (C=O) groups is 2. The van der Waals surface area contributed by atoms with E-state index in [-0.39, 0.29) is 17.2 Å². The first-order valence-electron chi connectivity index (χ1n) is 9.73. The minimum Gasteiger partial charge on any atom is -0.475 e. The largest absolute Gasteiger partial charge is 0.490 e. The molecule has 2 aromatic heterocycles. The molecule has 2 atom stereocenters. The number of nitrogens with zero attached hydrogens (tertiary/aromatic N) is 4. The molecule has 4 rings (SSSR count). The van der Waals surface area contributed by atoms with Crippen molar-refractivity contribution >= 4 is 23.2 Å². The number of hydrogen-bond donors (Lipinski definition) is 2. The summed E-state index contributed by atoms with van der Waals surface area (Å²) < 4.78 is 33.6. The summed E-state index contributed by atoms with van der Waals surface area (Å²) in [5, 5.41) is 18.0. The summed E-state index contributed by atoms with van der Waals surface area (Å²) in [4.78, 5) is 28.8. The fourth-order valence-corrected chi connectivity index (χ4v) is 4.90. The fraction of sp³-hybridized carbons (Fsp3) is 0.579. The molecule has 0 radical (unpaired) electrons. The van der Waals surface area contributed by atoms with Crippen LogP contribution in [0.25, 0.3) is 0 Å². The monoisotopic (exact) mass is 459 g/mol. The van der Waals surface area contributed by atoms with Crippen molar-refractivity contribution in [2.45, 2.75) is 38.4 Å². The molecule has 0 aromatic carbocycles. The number of nitrogens with one attached hydrogen (secondary N) is 1. The molecule has 1 amide bonds. The van der Waals surface area contributed by atoms with Gasteiger partial charge in [-0.3, -0.25) is 9.48 Å². The van der Waals surface area contributed by atoms with Gasteiger partial charge in [0.05, 0.1) is 22.7 Å². The second-order valence-corrected chi connectivity index (χ2v) is 8.77. The summed E-state index contributed by atoms with van der Waals surface area (Å²) in [5.41, 5.74) is 1.82. The number of piperidine rings is 1. The molecule has 31 heavy (non-hydrogen) atoms. The Morgan fingerprint density at radius 2 is 2.16 bits per heavy atom. The molecule has 12 heteroatoms. The second-order valence-electron chi connectivity index (χ2n) is 7.71. The number of aliphatic carboxylic acids is 1. The lowest BCUT2D eigenvalue weighted by Gasteiger charge is -2.42. The first-order valence-corrected chi connectivity index (χ1v) is 10.6. The van der Waals surface area contributed by atoms with Crippen molar-refractivity contribution in [3.63, 3.8) is 0 Å². The van der Waals surface area contributed by atoms with Crippen LogP contribution in [0.3, 0.4) is 0 Å². The summed E-state index contributed by atoms with van der Waals surface area (Å²) >= 11 is 1.65. The quantitative estimate of drug-likeness (QED) is 0.731. The van der Waals surface area contributed by atoms with Gasteiger partial charge < -0.3 is 15.3 Å². The SMILES string of the molecule is Cc1nc(CN2CCC[C@@]3(CNC[C@@H]3c3ccnn3C)C2=O)cs1.O=C(O)C(F)(F)F. The van der Waals surface area contributed by atoms with Gasteiger partial charge in [0.15, 0.2) is 0 Å². The smallest absolute Gasteiger partial charge is 0.475 e. The van der Waals surface area contributed by atoms with Gasteiger partial charge in [0.25, 0.3) is 0 Å². The fourth-order valence-electron chi connectivity index (χ4n) is 4.29. The van der Waals surface area contributed by atoms with Crippen molar-refractivity contribution in [2.24, 2.45) is 12.5 Å². The zero-order valence-electron chi connectivity index (χ0n) is 17.1. The average molecular weight is 459 g/mol. The molecule has 2 N–H and O–H groups in total. The Kier molecular flexibility index (Phi) is 6.70. The predicted octanol–water partition coefficient (Wildman–Crippen LogP) is 2.31. The van der Waals surface area contributed by atoms with Crippen molar-refractivity contribution < 1.29 is 27.9 Å². The van der Waals surface area contributed by atoms with Crippen LogP contribution in [-0.4, -0.2) is 62.5 Å². The van der Waals surface area contributed by atoms with E-state index < -0.39 is 12.1 Å². The average Bonchev–Trinajstić information content (AvgIpc) is 3.40. The summed E-state index contributed by atoms with van der Waals surface area (Å²) in [6.07, 6.45) is -1.27. The predicted molar refractivity (Wildman–Crippen MR) is 106 cm³/mol. The van der Waals surface area contributed by atoms with Gasteiger partial charge in [-0.1, -0.05) is 0 Å². The van der Waals surface area contributed by atoms with Crippen LogP contribution < -0.4 is 5.32 Å². The first kappa shape index (κ1) is 23.2. The van der Waals surface area contributed by atoms with Gasteiger partial charge in [-0.05, 0) is 25.8 Å². The Balaban J connectivity index is 0.000000339. The van der Waals surface area contributed by atoms with Crippen LogP contribution in [-0.2, 0) is 23.2 Å². The Morgan fingerprint density at radius 1 is 1.45 bits per heavy atom. The van der Waals surface area contributed by atoms with E-state index in [1.165, 1.54) is 0 Å². The number of amides is 1. The van der Waals surface area contributed by atoms with Gasteiger partial charge in [0.1, 0.15) is 0 Å². The van der Waals surface area contributed by atoms with E-state index in [2.05, 4.69) is 26.8 Å². The Labute approximate surface area is 181 Å². The lowest BCUT2D eigenvalue weighted by molar-refractivity contribution is -0.192. The third-order valence-electron chi connectivity index (χ3n) is 5.70. The van der Waals surface area contributed by atoms with Gasteiger partial charge in [0.2, 0.25) is 5.91 Å². The zero-order chi connectivity index (χ0) is 22.8. The Hall–Kier alpha value is -2.47. The highest BCUT2D eigenvalue weighted by atomic mass is 32.1. The Morgan fingerprint density at radius 3 is 2.71 bits per heavy atom. The number of alkyl halides is 3. The van der Waals surface area contributed by atoms with Crippen LogP contribution in [0.1, 0.15) is 35.2 Å². The highest BCUT2D eigenvalue weighted by Gasteiger charge is 2.53. The van der Waals surface area contributed by atoms with E-state index in [1.54, 1.807) is 11.3 Å². The molecule has 2 saturated heterocycles. The molecule has 2 aliphatic rings. The third kappa shape index (κ3) is 4.90. The van der Waals surface area contributed by atoms with Crippen molar-refractivity contribution in [1.82, 2.24) is 25.0 Å². The molecule has 0 bridgehead atoms. The van der Waals surface area contributed by atoms with Crippen molar-refractivity contribution in [3.8, 4) is 0 Å². The number of hydrogen-bond acceptors (Lipinski definition) is 6. The number of carboxylic acid groups (broad SMARTS) is 1. The van der Waals surface area contributed by atoms with Crippen LogP contribution in [0, 0.1) is 12.3 Å². The number of rotatable bonds is 3. The van der Waals surface area contributed by atoms with E-state index in [0.29, 0.717) is 6.54 Å². The molecule has 0 unspecified atom stereocenters. The molecule has 4 heterocycles. The van der Waals surface area contributed by atoms with Crippen molar-refractivity contribution in [1.29, 1.82) is 0 Å². The van der Waals surface area contributed by atoms with E-state index in [1.807, 2.05) is 29.7 Å². The topological polar surface area (TPSA) is 100 Å². The number of halogens is 3. The second kappa shape index (κ2) is 8.95. The maximum absolute atomic E-state index is 13.4. The molecule has 0 saturated carbocycles. The summed E-state index contributed by atoms with van der Waals surface area (Å²) in [7, 11) is 1.96. The van der Waals surface area contributed by atoms with E-state index in [4.69, 9.17) is 9.90 Å². The number of aromatic nitrogens is 3. The number of likely N-dealkylation sites (tertiary alicyclic amines) is 1. The van der Waals surface area contributed by atoms with E-state index in [9.17, 15) is 18.0 Å². The number of aryl methyl sites for hydroxylation is 2. The lowest BCUT2D eigenvalue weighted by atomic mass is 9.70. The molecule has 8 nitrogen and oxygen atoms in total. The molecule has 2 aromatic rings. The number of carboxylic acids is 1. The van der Waals surface area contributed by atoms with Crippen LogP contribution in [0.4, 0.5) is 13.2 Å². The molecule has 170 valence electrons. The molecule has 0 aliphatic carbocycles. The molecule has 1 spiro atoms. The highest BCUT2D eigenvalue weighted by molar-refractivity contribution is 7.09. The van der Waals surface area contributed by atoms with Crippen LogP contribution in [0.15, 0.2) is 17.6 Å². The minimum atomic E-state index is -5.08. The van der Waals surface area contributed by atoms with E-state index >= 15 is 0 Å². The minimum absolute atomic E-state index is 0.192. The first-order chi connectivity index (χ1) is 14.5. The summed E-state index contributed by atoms with van der Waals surface area (Å²) in [6.45, 7) is 5.06. The van der Waals surface area contributed by atoms with Gasteiger partial charge in [0, 0.05) is 49.9 Å². The van der Waals surface area contributed by atoms with Crippen molar-refractivity contribution in [2.75, 3.05) is 19.6 Å². The lowest BCUT2D eigenvalue weighted by Crippen LogP contribution is -2.51. The van der Waals surface area contributed by atoms with Gasteiger partial charge in [-0.2, -0.15) is 18.3 Å². The third-order valence-corrected chi connectivity index (χ3v) is 6.52. The molecular weight excluding hydrogens is 435 g/mol. The zero-order valence-corrected chi connectivity index (χ0v) is 18.0. The van der Waals surface area contributed by atoms with Crippen LogP contribution in [0.2, 0.25) is 0 Å². The van der Waals surface area contributed by atoms with Crippen molar-refractivity contribution in [3.05, 3.63) is 34.0 Å². The Bertz CT molecular complexity index is 944. The summed E-state index contributed by atoms with van der Waals surface area (Å²) in [6, 6.07) is 2.05. The normalized spacial score (nSPS) is 23.7. The van der Waals surface area contributed by atoms with Gasteiger partial charge in [-0.25, -0.2) is 9.78 Å². The standard InChI is InChI=1S/C17H23N5OS.C2HF3O2/c1-12-20-13(10-24-12)9-22-7-3-5-17(16(22)23)11-18-8-14(17)15-4-6-19-21(15)2;3-2(4,5)1(6)7/h4,6,10,14,18H,3,5,7-9,11H2,1-2H3;(H,6,7)/t14-,17+;/m1./s1. The van der Waals surface area contributed by atoms with E-state index in [0.717, 1.165) is 48.9 Å².